The zero-order valence-electron chi connectivity index (χ0n) is 12.8. The van der Waals surface area contributed by atoms with Crippen LogP contribution in [0.4, 0.5) is 0 Å². The summed E-state index contributed by atoms with van der Waals surface area (Å²) >= 11 is 0. The lowest BCUT2D eigenvalue weighted by Crippen LogP contribution is -2.28. The topological polar surface area (TPSA) is 86.9 Å². The van der Waals surface area contributed by atoms with E-state index in [0.717, 1.165) is 13.1 Å². The first-order chi connectivity index (χ1) is 11.2. The van der Waals surface area contributed by atoms with Crippen molar-refractivity contribution in [3.63, 3.8) is 0 Å². The van der Waals surface area contributed by atoms with E-state index in [1.165, 1.54) is 30.8 Å². The molecule has 1 aliphatic rings. The van der Waals surface area contributed by atoms with Crippen molar-refractivity contribution < 1.29 is 4.79 Å². The predicted molar refractivity (Wildman–Crippen MR) is 87.3 cm³/mol. The lowest BCUT2D eigenvalue weighted by Gasteiger charge is -2.23. The van der Waals surface area contributed by atoms with Crippen LogP contribution in [0.2, 0.25) is 0 Å². The number of carbonyl (C=O) groups excluding carboxylic acids is 1. The van der Waals surface area contributed by atoms with Crippen LogP contribution in [-0.4, -0.2) is 29.0 Å². The lowest BCUT2D eigenvalue weighted by molar-refractivity contribution is 0.0950. The summed E-state index contributed by atoms with van der Waals surface area (Å²) in [5, 5.41) is 6.17. The van der Waals surface area contributed by atoms with Crippen molar-refractivity contribution in [3.05, 3.63) is 63.8 Å². The summed E-state index contributed by atoms with van der Waals surface area (Å²) in [7, 11) is 0. The van der Waals surface area contributed by atoms with Crippen molar-refractivity contribution in [2.75, 3.05) is 13.1 Å². The van der Waals surface area contributed by atoms with Crippen molar-refractivity contribution in [1.29, 1.82) is 0 Å². The maximum atomic E-state index is 12.2. The van der Waals surface area contributed by atoms with E-state index >= 15 is 0 Å². The van der Waals surface area contributed by atoms with Gasteiger partial charge in [-0.3, -0.25) is 9.59 Å². The molecule has 1 aromatic heterocycles. The van der Waals surface area contributed by atoms with E-state index in [2.05, 4.69) is 20.6 Å². The van der Waals surface area contributed by atoms with Crippen LogP contribution in [0.15, 0.2) is 41.5 Å². The van der Waals surface area contributed by atoms with Crippen molar-refractivity contribution in [1.82, 2.24) is 20.6 Å². The molecule has 0 saturated carbocycles. The number of piperidine rings is 1. The van der Waals surface area contributed by atoms with E-state index in [-0.39, 0.29) is 18.0 Å². The molecule has 1 fully saturated rings. The molecule has 0 radical (unpaired) electrons. The van der Waals surface area contributed by atoms with Gasteiger partial charge >= 0.3 is 0 Å². The second-order valence-electron chi connectivity index (χ2n) is 5.75. The minimum atomic E-state index is -0.227. The normalized spacial score (nSPS) is 17.7. The van der Waals surface area contributed by atoms with Gasteiger partial charge in [-0.15, -0.1) is 0 Å². The Morgan fingerprint density at radius 2 is 2.13 bits per heavy atom. The smallest absolute Gasteiger partial charge is 0.251 e. The Morgan fingerprint density at radius 3 is 2.83 bits per heavy atom. The SMILES string of the molecule is O=C(NCc1cc(=O)[nH]cn1)c1ccc([C@H]2CCCNC2)cc1. The summed E-state index contributed by atoms with van der Waals surface area (Å²) in [6, 6.07) is 9.13. The zero-order valence-corrected chi connectivity index (χ0v) is 12.8. The van der Waals surface area contributed by atoms with Gasteiger partial charge in [0, 0.05) is 18.2 Å². The highest BCUT2D eigenvalue weighted by atomic mass is 16.1. The maximum absolute atomic E-state index is 12.2. The molecule has 2 aromatic rings. The van der Waals surface area contributed by atoms with E-state index in [9.17, 15) is 9.59 Å². The summed E-state index contributed by atoms with van der Waals surface area (Å²) in [6.07, 6.45) is 3.71. The van der Waals surface area contributed by atoms with E-state index in [1.807, 2.05) is 24.3 Å². The Labute approximate surface area is 134 Å². The van der Waals surface area contributed by atoms with Crippen molar-refractivity contribution in [2.24, 2.45) is 0 Å². The van der Waals surface area contributed by atoms with E-state index in [0.29, 0.717) is 17.2 Å². The number of nitrogens with one attached hydrogen (secondary N) is 3. The Bertz CT molecular complexity index is 718. The van der Waals surface area contributed by atoms with Gasteiger partial charge < -0.3 is 15.6 Å². The van der Waals surface area contributed by atoms with Gasteiger partial charge in [-0.1, -0.05) is 12.1 Å². The summed E-state index contributed by atoms with van der Waals surface area (Å²) in [5.74, 6) is 0.363. The van der Waals surface area contributed by atoms with E-state index in [1.54, 1.807) is 0 Å². The van der Waals surface area contributed by atoms with Crippen LogP contribution < -0.4 is 16.2 Å². The fourth-order valence-electron chi connectivity index (χ4n) is 2.82. The number of nitrogens with zero attached hydrogens (tertiary/aromatic N) is 1. The molecule has 3 N–H and O–H groups in total. The molecule has 0 unspecified atom stereocenters. The van der Waals surface area contributed by atoms with Crippen LogP contribution in [0.1, 0.15) is 40.4 Å². The third kappa shape index (κ3) is 4.04. The average molecular weight is 312 g/mol. The lowest BCUT2D eigenvalue weighted by atomic mass is 9.91. The van der Waals surface area contributed by atoms with Crippen LogP contribution in [0.3, 0.4) is 0 Å². The fraction of sp³-hybridized carbons (Fsp3) is 0.353. The Hall–Kier alpha value is -2.47. The molecule has 23 heavy (non-hydrogen) atoms. The van der Waals surface area contributed by atoms with Crippen molar-refractivity contribution in [3.8, 4) is 0 Å². The number of rotatable bonds is 4. The summed E-state index contributed by atoms with van der Waals surface area (Å²) in [5.41, 5.74) is 2.19. The largest absolute Gasteiger partial charge is 0.346 e. The average Bonchev–Trinajstić information content (AvgIpc) is 2.61. The molecule has 1 aliphatic heterocycles. The van der Waals surface area contributed by atoms with Gasteiger partial charge in [0.2, 0.25) is 0 Å². The second kappa shape index (κ2) is 7.19. The van der Waals surface area contributed by atoms with Crippen LogP contribution in [-0.2, 0) is 6.54 Å². The third-order valence-corrected chi connectivity index (χ3v) is 4.11. The number of carbonyl (C=O) groups is 1. The van der Waals surface area contributed by atoms with Gasteiger partial charge in [0.25, 0.3) is 11.5 Å². The van der Waals surface area contributed by atoms with Gasteiger partial charge in [0.15, 0.2) is 0 Å². The van der Waals surface area contributed by atoms with Gasteiger partial charge in [-0.05, 0) is 43.0 Å². The van der Waals surface area contributed by atoms with Crippen molar-refractivity contribution in [2.45, 2.75) is 25.3 Å². The number of hydrogen-bond donors (Lipinski definition) is 3. The van der Waals surface area contributed by atoms with Gasteiger partial charge in [0.1, 0.15) is 0 Å². The quantitative estimate of drug-likeness (QED) is 0.791. The molecule has 6 nitrogen and oxygen atoms in total. The first kappa shape index (κ1) is 15.4. The Morgan fingerprint density at radius 1 is 1.30 bits per heavy atom. The minimum Gasteiger partial charge on any atom is -0.346 e. The van der Waals surface area contributed by atoms with Crippen molar-refractivity contribution >= 4 is 5.91 Å². The highest BCUT2D eigenvalue weighted by Crippen LogP contribution is 2.23. The molecular formula is C17H20N4O2. The highest BCUT2D eigenvalue weighted by molar-refractivity contribution is 5.94. The summed E-state index contributed by atoms with van der Waals surface area (Å²) in [4.78, 5) is 29.8. The molecule has 0 aliphatic carbocycles. The fourth-order valence-corrected chi connectivity index (χ4v) is 2.82. The third-order valence-electron chi connectivity index (χ3n) is 4.11. The highest BCUT2D eigenvalue weighted by Gasteiger charge is 2.15. The molecular weight excluding hydrogens is 292 g/mol. The minimum absolute atomic E-state index is 0.166. The van der Waals surface area contributed by atoms with Gasteiger partial charge in [0.05, 0.1) is 18.6 Å². The Balaban J connectivity index is 1.60. The summed E-state index contributed by atoms with van der Waals surface area (Å²) < 4.78 is 0. The van der Waals surface area contributed by atoms with Crippen LogP contribution in [0.25, 0.3) is 0 Å². The number of amides is 1. The number of benzene rings is 1. The molecule has 1 amide bonds. The standard InChI is InChI=1S/C17H20N4O2/c22-16-8-15(20-11-21-16)10-19-17(23)13-5-3-12(4-6-13)14-2-1-7-18-9-14/h3-6,8,11,14,18H,1-2,7,9-10H2,(H,19,23)(H,20,21,22)/t14-/m0/s1. The van der Waals surface area contributed by atoms with Crippen LogP contribution in [0, 0.1) is 0 Å². The molecule has 2 heterocycles. The molecule has 1 saturated heterocycles. The van der Waals surface area contributed by atoms with Gasteiger partial charge in [-0.25, -0.2) is 4.98 Å². The monoisotopic (exact) mass is 312 g/mol. The van der Waals surface area contributed by atoms with Gasteiger partial charge in [-0.2, -0.15) is 0 Å². The number of aromatic amines is 1. The molecule has 0 spiro atoms. The first-order valence-corrected chi connectivity index (χ1v) is 7.85. The maximum Gasteiger partial charge on any atom is 0.251 e. The molecule has 1 aromatic carbocycles. The molecule has 3 rings (SSSR count). The van der Waals surface area contributed by atoms with E-state index < -0.39 is 0 Å². The number of H-pyrrole nitrogens is 1. The second-order valence-corrected chi connectivity index (χ2v) is 5.75. The number of hydrogen-bond acceptors (Lipinski definition) is 4. The van der Waals surface area contributed by atoms with Crippen LogP contribution >= 0.6 is 0 Å². The Kier molecular flexibility index (Phi) is 4.83. The molecule has 1 atom stereocenters. The molecule has 120 valence electrons. The molecule has 0 bridgehead atoms. The molecule has 6 heteroatoms. The van der Waals surface area contributed by atoms with E-state index in [4.69, 9.17) is 0 Å². The first-order valence-electron chi connectivity index (χ1n) is 7.85. The van der Waals surface area contributed by atoms with Crippen LogP contribution in [0.5, 0.6) is 0 Å². The zero-order chi connectivity index (χ0) is 16.1. The predicted octanol–water partition coefficient (Wildman–Crippen LogP) is 1.17. The number of aromatic nitrogens is 2. The summed E-state index contributed by atoms with van der Waals surface area (Å²) in [6.45, 7) is 2.32.